The lowest BCUT2D eigenvalue weighted by Gasteiger charge is -2.19. The minimum Gasteiger partial charge on any atom is -0.309 e. The molecule has 0 aliphatic carbocycles. The lowest BCUT2D eigenvalue weighted by Crippen LogP contribution is -2.05. The Morgan fingerprint density at radius 1 is 0.294 bits per heavy atom. The first-order chi connectivity index (χ1) is 33.7. The zero-order valence-corrected chi connectivity index (χ0v) is 36.5. The summed E-state index contributed by atoms with van der Waals surface area (Å²) in [7, 11) is 0. The van der Waals surface area contributed by atoms with E-state index in [4.69, 9.17) is 0 Å². The van der Waals surface area contributed by atoms with Gasteiger partial charge in [0, 0.05) is 54.5 Å². The van der Waals surface area contributed by atoms with E-state index >= 15 is 0 Å². The predicted octanol–water partition coefficient (Wildman–Crippen LogP) is 15.5. The summed E-state index contributed by atoms with van der Waals surface area (Å²) in [6.45, 7) is 0. The van der Waals surface area contributed by atoms with Crippen molar-refractivity contribution in [3.8, 4) is 46.0 Å². The van der Waals surface area contributed by atoms with Crippen molar-refractivity contribution in [1.82, 2.24) is 18.3 Å². The third kappa shape index (κ3) is 5.26. The van der Waals surface area contributed by atoms with Gasteiger partial charge in [-0.2, -0.15) is 10.5 Å². The highest BCUT2D eigenvalue weighted by atomic mass is 15.0. The maximum Gasteiger partial charge on any atom is 0.104 e. The van der Waals surface area contributed by atoms with Crippen LogP contribution in [0.5, 0.6) is 0 Å². The third-order valence-corrected chi connectivity index (χ3v) is 14.0. The van der Waals surface area contributed by atoms with Gasteiger partial charge in [-0.1, -0.05) is 127 Å². The van der Waals surface area contributed by atoms with Crippen molar-refractivity contribution in [3.05, 3.63) is 230 Å². The van der Waals surface area contributed by atoms with E-state index in [1.54, 1.807) is 0 Å². The highest BCUT2D eigenvalue weighted by Gasteiger charge is 2.26. The fourth-order valence-electron chi connectivity index (χ4n) is 11.2. The van der Waals surface area contributed by atoms with Gasteiger partial charge in [-0.3, -0.25) is 0 Å². The molecule has 0 fully saturated rings. The molecule has 14 aromatic rings. The molecule has 0 bridgehead atoms. The fraction of sp³-hybridized carbons (Fsp3) is 0. The standard InChI is InChI=1S/C62H36N6/c63-37-39-16-15-17-40(32-39)41-33-57(67-53-27-12-9-24-46(53)50-35-59-49(36-60(50)67)45-23-8-11-26-52(45)66(59)43-20-5-2-6-21-43)51(38-64)58(34-41)68-54-28-13-7-22-44(54)47-30-31-56-61(62(47)68)48-25-10-14-29-55(48)65(56)42-18-3-1-4-19-42/h1-36H. The maximum absolute atomic E-state index is 11.9. The number of nitrogens with zero attached hydrogens (tertiary/aromatic N) is 6. The topological polar surface area (TPSA) is 67.3 Å². The van der Waals surface area contributed by atoms with Gasteiger partial charge in [0.1, 0.15) is 11.6 Å². The molecule has 0 aliphatic heterocycles. The molecule has 68 heavy (non-hydrogen) atoms. The van der Waals surface area contributed by atoms with Crippen LogP contribution in [0.2, 0.25) is 0 Å². The van der Waals surface area contributed by atoms with Crippen molar-refractivity contribution >= 4 is 87.2 Å². The molecule has 0 N–H and O–H groups in total. The summed E-state index contributed by atoms with van der Waals surface area (Å²) in [4.78, 5) is 0. The first-order valence-electron chi connectivity index (χ1n) is 22.8. The molecule has 0 saturated heterocycles. The lowest BCUT2D eigenvalue weighted by molar-refractivity contribution is 1.12. The molecule has 0 spiro atoms. The van der Waals surface area contributed by atoms with Crippen LogP contribution in [0.25, 0.3) is 121 Å². The Hall–Kier alpha value is -9.62. The molecule has 0 atom stereocenters. The van der Waals surface area contributed by atoms with Gasteiger partial charge >= 0.3 is 0 Å². The smallest absolute Gasteiger partial charge is 0.104 e. The van der Waals surface area contributed by atoms with E-state index < -0.39 is 0 Å². The number of benzene rings is 10. The number of aromatic nitrogens is 4. The summed E-state index contributed by atoms with van der Waals surface area (Å²) < 4.78 is 9.33. The average Bonchev–Trinajstić information content (AvgIpc) is 4.13. The molecule has 314 valence electrons. The molecule has 0 unspecified atom stereocenters. The molecule has 4 aromatic heterocycles. The summed E-state index contributed by atoms with van der Waals surface area (Å²) in [5.74, 6) is 0. The van der Waals surface area contributed by atoms with E-state index in [0.717, 1.165) is 121 Å². The van der Waals surface area contributed by atoms with Gasteiger partial charge in [0.05, 0.1) is 67.1 Å². The average molecular weight is 865 g/mol. The van der Waals surface area contributed by atoms with Crippen LogP contribution in [-0.4, -0.2) is 18.3 Å². The summed E-state index contributed by atoms with van der Waals surface area (Å²) in [6.07, 6.45) is 0. The van der Waals surface area contributed by atoms with Crippen LogP contribution in [0.3, 0.4) is 0 Å². The predicted molar refractivity (Wildman–Crippen MR) is 279 cm³/mol. The monoisotopic (exact) mass is 864 g/mol. The highest BCUT2D eigenvalue weighted by Crippen LogP contribution is 2.46. The van der Waals surface area contributed by atoms with Crippen LogP contribution in [0.1, 0.15) is 11.1 Å². The van der Waals surface area contributed by atoms with Crippen molar-refractivity contribution in [2.75, 3.05) is 0 Å². The van der Waals surface area contributed by atoms with Gasteiger partial charge in [-0.05, 0) is 102 Å². The Morgan fingerprint density at radius 2 is 0.779 bits per heavy atom. The minimum atomic E-state index is 0.533. The van der Waals surface area contributed by atoms with Crippen LogP contribution in [-0.2, 0) is 0 Å². The third-order valence-electron chi connectivity index (χ3n) is 14.0. The number of rotatable bonds is 5. The van der Waals surface area contributed by atoms with Crippen molar-refractivity contribution < 1.29 is 0 Å². The molecular formula is C62H36N6. The van der Waals surface area contributed by atoms with Gasteiger partial charge in [0.2, 0.25) is 0 Å². The number of hydrogen-bond acceptors (Lipinski definition) is 2. The van der Waals surface area contributed by atoms with Gasteiger partial charge in [-0.25, -0.2) is 0 Å². The zero-order valence-electron chi connectivity index (χ0n) is 36.5. The highest BCUT2D eigenvalue weighted by molar-refractivity contribution is 6.26. The van der Waals surface area contributed by atoms with Crippen LogP contribution in [0.15, 0.2) is 218 Å². The summed E-state index contributed by atoms with van der Waals surface area (Å²) in [5, 5.41) is 30.9. The van der Waals surface area contributed by atoms with Crippen molar-refractivity contribution in [2.24, 2.45) is 0 Å². The second kappa shape index (κ2) is 14.4. The molecule has 0 saturated carbocycles. The van der Waals surface area contributed by atoms with E-state index in [1.807, 2.05) is 18.2 Å². The molecule has 4 heterocycles. The second-order valence-electron chi connectivity index (χ2n) is 17.5. The summed E-state index contributed by atoms with van der Waals surface area (Å²) in [6, 6.07) is 81.8. The number of nitriles is 2. The van der Waals surface area contributed by atoms with Gasteiger partial charge < -0.3 is 18.3 Å². The largest absolute Gasteiger partial charge is 0.309 e. The Balaban J connectivity index is 1.16. The number of hydrogen-bond donors (Lipinski definition) is 0. The van der Waals surface area contributed by atoms with E-state index in [2.05, 4.69) is 231 Å². The van der Waals surface area contributed by atoms with Crippen molar-refractivity contribution in [1.29, 1.82) is 10.5 Å². The molecule has 6 nitrogen and oxygen atoms in total. The minimum absolute atomic E-state index is 0.533. The zero-order chi connectivity index (χ0) is 45.0. The number of para-hydroxylation sites is 6. The fourth-order valence-corrected chi connectivity index (χ4v) is 11.2. The van der Waals surface area contributed by atoms with E-state index in [9.17, 15) is 10.5 Å². The van der Waals surface area contributed by atoms with Crippen LogP contribution in [0, 0.1) is 22.7 Å². The molecule has 6 heteroatoms. The summed E-state index contributed by atoms with van der Waals surface area (Å²) in [5.41, 5.74) is 15.0. The Bertz CT molecular complexity index is 4510. The quantitative estimate of drug-likeness (QED) is 0.173. The first-order valence-corrected chi connectivity index (χ1v) is 22.8. The Morgan fingerprint density at radius 3 is 1.38 bits per heavy atom. The van der Waals surface area contributed by atoms with E-state index in [-0.39, 0.29) is 0 Å². The van der Waals surface area contributed by atoms with Gasteiger partial charge in [0.15, 0.2) is 0 Å². The maximum atomic E-state index is 11.9. The lowest BCUT2D eigenvalue weighted by atomic mass is 9.98. The van der Waals surface area contributed by atoms with Gasteiger partial charge in [0.25, 0.3) is 0 Å². The normalized spacial score (nSPS) is 11.8. The van der Waals surface area contributed by atoms with Crippen LogP contribution in [0.4, 0.5) is 0 Å². The molecule has 10 aromatic carbocycles. The van der Waals surface area contributed by atoms with Crippen molar-refractivity contribution in [2.45, 2.75) is 0 Å². The van der Waals surface area contributed by atoms with Gasteiger partial charge in [-0.15, -0.1) is 0 Å². The SMILES string of the molecule is N#Cc1cccc(-c2cc(-n3c4ccccc4c4cc5c(cc43)c3ccccc3n5-c3ccccc3)c(C#N)c(-n3c4ccccc4c4ccc5c(c6ccccc6n5-c5ccccc5)c43)c2)c1. The molecule has 0 aliphatic rings. The second-order valence-corrected chi connectivity index (χ2v) is 17.5. The van der Waals surface area contributed by atoms with Crippen LogP contribution < -0.4 is 0 Å². The number of fused-ring (bicyclic) bond motifs is 13. The Labute approximate surface area is 389 Å². The molecule has 14 rings (SSSR count). The van der Waals surface area contributed by atoms with E-state index in [0.29, 0.717) is 11.1 Å². The van der Waals surface area contributed by atoms with E-state index in [1.165, 1.54) is 0 Å². The first kappa shape index (κ1) is 37.7. The van der Waals surface area contributed by atoms with Crippen molar-refractivity contribution in [3.63, 3.8) is 0 Å². The summed E-state index contributed by atoms with van der Waals surface area (Å²) >= 11 is 0. The van der Waals surface area contributed by atoms with Crippen LogP contribution >= 0.6 is 0 Å². The Kier molecular flexibility index (Phi) is 8.01. The molecule has 0 amide bonds. The molecule has 0 radical (unpaired) electrons. The molecular weight excluding hydrogens is 829 g/mol.